The second-order valence-corrected chi connectivity index (χ2v) is 8.48. The summed E-state index contributed by atoms with van der Waals surface area (Å²) >= 11 is 0. The van der Waals surface area contributed by atoms with Crippen molar-refractivity contribution in [2.24, 2.45) is 0 Å². The van der Waals surface area contributed by atoms with Crippen LogP contribution in [-0.4, -0.2) is 25.3 Å². The van der Waals surface area contributed by atoms with E-state index in [0.29, 0.717) is 34.1 Å². The van der Waals surface area contributed by atoms with Crippen molar-refractivity contribution in [3.05, 3.63) is 108 Å². The van der Waals surface area contributed by atoms with Crippen LogP contribution in [0.3, 0.4) is 0 Å². The van der Waals surface area contributed by atoms with Gasteiger partial charge in [0.1, 0.15) is 23.0 Å². The number of carbonyl (C=O) groups excluding carboxylic acids is 1. The van der Waals surface area contributed by atoms with Gasteiger partial charge in [-0.3, -0.25) is 0 Å². The number of methoxy groups -OCH3 is 2. The predicted molar refractivity (Wildman–Crippen MR) is 144 cm³/mol. The normalized spacial score (nSPS) is 10.5. The van der Waals surface area contributed by atoms with Gasteiger partial charge in [-0.25, -0.2) is 4.79 Å². The molecule has 0 unspecified atom stereocenters. The summed E-state index contributed by atoms with van der Waals surface area (Å²) in [5, 5.41) is 9.76. The van der Waals surface area contributed by atoms with Crippen LogP contribution in [0.4, 0.5) is 0 Å². The Balaban J connectivity index is 1.42. The summed E-state index contributed by atoms with van der Waals surface area (Å²) in [4.78, 5) is 12.7. The molecule has 0 heterocycles. The second-order valence-electron chi connectivity index (χ2n) is 8.48. The van der Waals surface area contributed by atoms with E-state index >= 15 is 0 Å². The molecule has 0 aromatic heterocycles. The third-order valence-electron chi connectivity index (χ3n) is 5.96. The maximum atomic E-state index is 12.7. The van der Waals surface area contributed by atoms with E-state index in [1.165, 1.54) is 13.2 Å². The molecule has 1 N–H and O–H groups in total. The first kappa shape index (κ1) is 25.4. The number of hydrogen-bond donors (Lipinski definition) is 1. The van der Waals surface area contributed by atoms with Gasteiger partial charge in [-0.1, -0.05) is 18.7 Å². The SMILES string of the molecule is C=C(Oc1ccc(C(=O)Oc2ccc(-c3ccc(OC)cc3C)c(C)c2)cc1)c1ccc(O)c(OC)c1. The van der Waals surface area contributed by atoms with Crippen LogP contribution in [0.2, 0.25) is 0 Å². The fourth-order valence-electron chi connectivity index (χ4n) is 3.94. The number of hydrogen-bond acceptors (Lipinski definition) is 6. The number of aryl methyl sites for hydroxylation is 2. The summed E-state index contributed by atoms with van der Waals surface area (Å²) in [5.41, 5.74) is 5.29. The molecule has 4 aromatic rings. The zero-order valence-electron chi connectivity index (χ0n) is 21.2. The van der Waals surface area contributed by atoms with E-state index in [1.54, 1.807) is 49.6 Å². The molecule has 0 fully saturated rings. The van der Waals surface area contributed by atoms with Gasteiger partial charge < -0.3 is 24.1 Å². The van der Waals surface area contributed by atoms with Crippen LogP contribution < -0.4 is 18.9 Å². The van der Waals surface area contributed by atoms with Crippen LogP contribution in [0, 0.1) is 13.8 Å². The molecule has 0 bridgehead atoms. The van der Waals surface area contributed by atoms with Gasteiger partial charge in [-0.15, -0.1) is 0 Å². The quantitative estimate of drug-likeness (QED) is 0.161. The number of benzene rings is 4. The molecule has 0 aliphatic rings. The first-order valence-corrected chi connectivity index (χ1v) is 11.6. The molecular weight excluding hydrogens is 468 g/mol. The van der Waals surface area contributed by atoms with Crippen LogP contribution in [0.5, 0.6) is 28.7 Å². The van der Waals surface area contributed by atoms with Gasteiger partial charge in [-0.2, -0.15) is 0 Å². The number of phenolic OH excluding ortho intramolecular Hbond substituents is 1. The molecule has 0 saturated heterocycles. The minimum Gasteiger partial charge on any atom is -0.504 e. The fraction of sp³-hybridized carbons (Fsp3) is 0.129. The Kier molecular flexibility index (Phi) is 7.49. The van der Waals surface area contributed by atoms with Crippen molar-refractivity contribution in [3.63, 3.8) is 0 Å². The third kappa shape index (κ3) is 5.76. The molecule has 0 amide bonds. The highest BCUT2D eigenvalue weighted by Crippen LogP contribution is 2.32. The van der Waals surface area contributed by atoms with E-state index in [2.05, 4.69) is 6.58 Å². The van der Waals surface area contributed by atoms with Crippen molar-refractivity contribution in [3.8, 4) is 39.9 Å². The highest BCUT2D eigenvalue weighted by molar-refractivity contribution is 5.91. The van der Waals surface area contributed by atoms with Crippen molar-refractivity contribution in [1.29, 1.82) is 0 Å². The van der Waals surface area contributed by atoms with Gasteiger partial charge in [0.05, 0.1) is 19.8 Å². The number of aromatic hydroxyl groups is 1. The predicted octanol–water partition coefficient (Wildman–Crippen LogP) is 6.96. The summed E-state index contributed by atoms with van der Waals surface area (Å²) in [5.74, 6) is 2.03. The van der Waals surface area contributed by atoms with E-state index in [1.807, 2.05) is 44.2 Å². The first-order valence-electron chi connectivity index (χ1n) is 11.6. The monoisotopic (exact) mass is 496 g/mol. The Morgan fingerprint density at radius 2 is 1.24 bits per heavy atom. The molecule has 37 heavy (non-hydrogen) atoms. The molecule has 4 aromatic carbocycles. The van der Waals surface area contributed by atoms with Gasteiger partial charge in [0.25, 0.3) is 0 Å². The Morgan fingerprint density at radius 1 is 0.676 bits per heavy atom. The first-order chi connectivity index (χ1) is 17.8. The fourth-order valence-corrected chi connectivity index (χ4v) is 3.94. The molecule has 0 aliphatic carbocycles. The summed E-state index contributed by atoms with van der Waals surface area (Å²) in [6.07, 6.45) is 0. The largest absolute Gasteiger partial charge is 0.504 e. The summed E-state index contributed by atoms with van der Waals surface area (Å²) in [6.45, 7) is 7.95. The molecule has 0 radical (unpaired) electrons. The van der Waals surface area contributed by atoms with Crippen molar-refractivity contribution in [2.75, 3.05) is 14.2 Å². The zero-order valence-corrected chi connectivity index (χ0v) is 21.2. The molecule has 0 atom stereocenters. The van der Waals surface area contributed by atoms with Crippen LogP contribution in [0.1, 0.15) is 27.0 Å². The molecule has 0 spiro atoms. The summed E-state index contributed by atoms with van der Waals surface area (Å²) in [6, 6.07) is 23.0. The van der Waals surface area contributed by atoms with E-state index in [9.17, 15) is 9.90 Å². The smallest absolute Gasteiger partial charge is 0.343 e. The van der Waals surface area contributed by atoms with Gasteiger partial charge in [-0.05, 0) is 103 Å². The number of carbonyl (C=O) groups is 1. The van der Waals surface area contributed by atoms with E-state index in [-0.39, 0.29) is 5.75 Å². The van der Waals surface area contributed by atoms with Crippen LogP contribution in [0.15, 0.2) is 85.4 Å². The second kappa shape index (κ2) is 10.9. The molecule has 6 nitrogen and oxygen atoms in total. The van der Waals surface area contributed by atoms with E-state index in [0.717, 1.165) is 28.0 Å². The van der Waals surface area contributed by atoms with Crippen LogP contribution in [-0.2, 0) is 0 Å². The molecule has 0 saturated carbocycles. The topological polar surface area (TPSA) is 74.2 Å². The Bertz CT molecular complexity index is 1450. The van der Waals surface area contributed by atoms with Gasteiger partial charge >= 0.3 is 5.97 Å². The summed E-state index contributed by atoms with van der Waals surface area (Å²) in [7, 11) is 3.12. The van der Waals surface area contributed by atoms with E-state index in [4.69, 9.17) is 18.9 Å². The zero-order chi connectivity index (χ0) is 26.5. The lowest BCUT2D eigenvalue weighted by Crippen LogP contribution is -2.08. The highest BCUT2D eigenvalue weighted by Gasteiger charge is 2.13. The van der Waals surface area contributed by atoms with Crippen LogP contribution >= 0.6 is 0 Å². The molecule has 4 rings (SSSR count). The lowest BCUT2D eigenvalue weighted by Gasteiger charge is -2.13. The van der Waals surface area contributed by atoms with Gasteiger partial charge in [0.15, 0.2) is 11.5 Å². The summed E-state index contributed by atoms with van der Waals surface area (Å²) < 4.78 is 21.8. The maximum absolute atomic E-state index is 12.7. The van der Waals surface area contributed by atoms with Crippen molar-refractivity contribution < 1.29 is 28.8 Å². The standard InChI is InChI=1S/C31H28O6/c1-19-16-25(34-4)11-13-27(19)28-14-12-26(17-20(28)2)37-31(33)22-6-9-24(10-7-22)36-21(3)23-8-15-29(32)30(18-23)35-5/h6-18,32H,3H2,1-2,4-5H3. The van der Waals surface area contributed by atoms with Crippen molar-refractivity contribution in [1.82, 2.24) is 0 Å². The Hall–Kier alpha value is -4.71. The van der Waals surface area contributed by atoms with E-state index < -0.39 is 5.97 Å². The van der Waals surface area contributed by atoms with Crippen molar-refractivity contribution >= 4 is 11.7 Å². The average molecular weight is 497 g/mol. The lowest BCUT2D eigenvalue weighted by molar-refractivity contribution is 0.0734. The number of rotatable bonds is 8. The average Bonchev–Trinajstić information content (AvgIpc) is 2.89. The Morgan fingerprint density at radius 3 is 1.84 bits per heavy atom. The number of ether oxygens (including phenoxy) is 4. The molecule has 6 heteroatoms. The lowest BCUT2D eigenvalue weighted by atomic mass is 9.96. The minimum atomic E-state index is -0.471. The number of phenols is 1. The minimum absolute atomic E-state index is 0.0302. The van der Waals surface area contributed by atoms with Gasteiger partial charge in [0.2, 0.25) is 0 Å². The Labute approximate surface area is 216 Å². The highest BCUT2D eigenvalue weighted by atomic mass is 16.5. The van der Waals surface area contributed by atoms with Crippen molar-refractivity contribution in [2.45, 2.75) is 13.8 Å². The molecule has 0 aliphatic heterocycles. The van der Waals surface area contributed by atoms with Gasteiger partial charge in [0, 0.05) is 5.56 Å². The molecule has 188 valence electrons. The van der Waals surface area contributed by atoms with Crippen LogP contribution in [0.25, 0.3) is 16.9 Å². The number of esters is 1. The molecular formula is C31H28O6. The third-order valence-corrected chi connectivity index (χ3v) is 5.96. The maximum Gasteiger partial charge on any atom is 0.343 e.